The second kappa shape index (κ2) is 7.91. The maximum Gasteiger partial charge on any atom is 0.277 e. The van der Waals surface area contributed by atoms with Crippen LogP contribution in [-0.2, 0) is 14.9 Å². The minimum absolute atomic E-state index is 0.231. The molecule has 0 spiro atoms. The molecule has 0 saturated heterocycles. The zero-order chi connectivity index (χ0) is 12.6. The molecule has 16 heavy (non-hydrogen) atoms. The highest BCUT2D eigenvalue weighted by Crippen LogP contribution is 1.99. The fraction of sp³-hybridized carbons (Fsp3) is 0.875. The summed E-state index contributed by atoms with van der Waals surface area (Å²) >= 11 is 4.74. The van der Waals surface area contributed by atoms with Crippen LogP contribution in [0, 0.1) is 0 Å². The molecule has 0 bridgehead atoms. The molecule has 1 unspecified atom stereocenters. The average Bonchev–Trinajstić information content (AvgIpc) is 2.15. The second-order valence-corrected chi connectivity index (χ2v) is 5.34. The lowest BCUT2D eigenvalue weighted by atomic mass is 10.2. The van der Waals surface area contributed by atoms with Crippen LogP contribution in [0.2, 0.25) is 0 Å². The van der Waals surface area contributed by atoms with Crippen LogP contribution in [0.5, 0.6) is 0 Å². The molecule has 0 fully saturated rings. The maximum atomic E-state index is 11.5. The van der Waals surface area contributed by atoms with Crippen molar-refractivity contribution >= 4 is 27.4 Å². The molecule has 8 heteroatoms. The number of thiocarbonyl (C=S) groups is 1. The zero-order valence-corrected chi connectivity index (χ0v) is 11.2. The molecule has 0 radical (unpaired) electrons. The zero-order valence-electron chi connectivity index (χ0n) is 9.52. The summed E-state index contributed by atoms with van der Waals surface area (Å²) in [5, 5.41) is 0. The van der Waals surface area contributed by atoms with Gasteiger partial charge in [-0.2, -0.15) is 17.9 Å². The van der Waals surface area contributed by atoms with Gasteiger partial charge in [0.2, 0.25) is 0 Å². The Labute approximate surface area is 102 Å². The van der Waals surface area contributed by atoms with Crippen molar-refractivity contribution in [1.29, 1.82) is 0 Å². The minimum atomic E-state index is -3.51. The van der Waals surface area contributed by atoms with Crippen LogP contribution in [0.25, 0.3) is 0 Å². The Morgan fingerprint density at radius 3 is 2.62 bits per heavy atom. The highest BCUT2D eigenvalue weighted by atomic mass is 32.2. The number of ether oxygens (including phenoxy) is 1. The standard InChI is InChI=1S/C8H19N3O3S2/c1-3-7(6-8(9)15)11-16(12,13)10-4-5-14-2/h7,10-11H,3-6H2,1-2H3,(H2,9,15). The summed E-state index contributed by atoms with van der Waals surface area (Å²) in [6, 6.07) is -0.266. The van der Waals surface area contributed by atoms with E-state index < -0.39 is 10.2 Å². The van der Waals surface area contributed by atoms with Gasteiger partial charge < -0.3 is 10.5 Å². The van der Waals surface area contributed by atoms with E-state index in [1.165, 1.54) is 7.11 Å². The van der Waals surface area contributed by atoms with Gasteiger partial charge in [0.25, 0.3) is 10.2 Å². The van der Waals surface area contributed by atoms with Gasteiger partial charge in [0, 0.05) is 26.1 Å². The molecule has 96 valence electrons. The Balaban J connectivity index is 4.15. The van der Waals surface area contributed by atoms with Crippen molar-refractivity contribution in [2.45, 2.75) is 25.8 Å². The van der Waals surface area contributed by atoms with E-state index in [0.29, 0.717) is 24.4 Å². The molecule has 0 saturated carbocycles. The molecule has 0 aromatic carbocycles. The Kier molecular flexibility index (Phi) is 7.77. The van der Waals surface area contributed by atoms with Crippen LogP contribution in [0.1, 0.15) is 19.8 Å². The summed E-state index contributed by atoms with van der Waals surface area (Å²) in [5.74, 6) is 0. The monoisotopic (exact) mass is 269 g/mol. The number of nitrogens with two attached hydrogens (primary N) is 1. The number of nitrogens with one attached hydrogen (secondary N) is 2. The van der Waals surface area contributed by atoms with Crippen LogP contribution in [0.3, 0.4) is 0 Å². The summed E-state index contributed by atoms with van der Waals surface area (Å²) in [4.78, 5) is 0.298. The van der Waals surface area contributed by atoms with Gasteiger partial charge in [-0.25, -0.2) is 0 Å². The Hall–Kier alpha value is -0.280. The fourth-order valence-corrected chi connectivity index (χ4v) is 2.38. The summed E-state index contributed by atoms with van der Waals surface area (Å²) in [6.07, 6.45) is 0.986. The first-order valence-electron chi connectivity index (χ1n) is 4.95. The van der Waals surface area contributed by atoms with Gasteiger partial charge in [0.15, 0.2) is 0 Å². The molecule has 0 aliphatic carbocycles. The molecule has 0 aliphatic heterocycles. The predicted molar refractivity (Wildman–Crippen MR) is 67.4 cm³/mol. The van der Waals surface area contributed by atoms with Gasteiger partial charge in [-0.15, -0.1) is 0 Å². The number of hydrogen-bond donors (Lipinski definition) is 3. The molecule has 4 N–H and O–H groups in total. The van der Waals surface area contributed by atoms with Crippen molar-refractivity contribution in [2.75, 3.05) is 20.3 Å². The third-order valence-corrected chi connectivity index (χ3v) is 3.25. The van der Waals surface area contributed by atoms with Crippen LogP contribution >= 0.6 is 12.2 Å². The van der Waals surface area contributed by atoms with E-state index in [1.54, 1.807) is 0 Å². The van der Waals surface area contributed by atoms with Crippen molar-refractivity contribution in [2.24, 2.45) is 5.73 Å². The van der Waals surface area contributed by atoms with E-state index in [1.807, 2.05) is 6.92 Å². The van der Waals surface area contributed by atoms with Gasteiger partial charge in [-0.05, 0) is 6.42 Å². The first kappa shape index (κ1) is 15.7. The SMILES string of the molecule is CCC(CC(N)=S)NS(=O)(=O)NCCOC. The lowest BCUT2D eigenvalue weighted by Crippen LogP contribution is -2.44. The third-order valence-electron chi connectivity index (χ3n) is 1.86. The molecular weight excluding hydrogens is 250 g/mol. The molecule has 0 aromatic rings. The Bertz CT molecular complexity index is 306. The molecule has 0 aromatic heterocycles. The smallest absolute Gasteiger partial charge is 0.277 e. The third kappa shape index (κ3) is 7.94. The van der Waals surface area contributed by atoms with Crippen molar-refractivity contribution in [3.8, 4) is 0 Å². The Morgan fingerprint density at radius 2 is 2.19 bits per heavy atom. The van der Waals surface area contributed by atoms with E-state index in [4.69, 9.17) is 22.7 Å². The number of methoxy groups -OCH3 is 1. The largest absolute Gasteiger partial charge is 0.393 e. The molecule has 0 heterocycles. The highest BCUT2D eigenvalue weighted by molar-refractivity contribution is 7.87. The van der Waals surface area contributed by atoms with E-state index in [0.717, 1.165) is 0 Å². The topological polar surface area (TPSA) is 93.5 Å². The Morgan fingerprint density at radius 1 is 1.56 bits per heavy atom. The highest BCUT2D eigenvalue weighted by Gasteiger charge is 2.16. The van der Waals surface area contributed by atoms with Crippen LogP contribution in [0.4, 0.5) is 0 Å². The van der Waals surface area contributed by atoms with Gasteiger partial charge in [-0.3, -0.25) is 0 Å². The lowest BCUT2D eigenvalue weighted by molar-refractivity contribution is 0.204. The van der Waals surface area contributed by atoms with Gasteiger partial charge in [-0.1, -0.05) is 19.1 Å². The van der Waals surface area contributed by atoms with Crippen molar-refractivity contribution in [3.63, 3.8) is 0 Å². The molecule has 0 rings (SSSR count). The van der Waals surface area contributed by atoms with Crippen LogP contribution < -0.4 is 15.2 Å². The molecule has 1 atom stereocenters. The maximum absolute atomic E-state index is 11.5. The number of rotatable bonds is 9. The predicted octanol–water partition coefficient (Wildman–Crippen LogP) is -0.488. The summed E-state index contributed by atoms with van der Waals surface area (Å²) in [7, 11) is -2.00. The van der Waals surface area contributed by atoms with Crippen LogP contribution in [0.15, 0.2) is 0 Å². The van der Waals surface area contributed by atoms with Crippen LogP contribution in [-0.4, -0.2) is 39.7 Å². The van der Waals surface area contributed by atoms with E-state index in [9.17, 15) is 8.42 Å². The van der Waals surface area contributed by atoms with Crippen molar-refractivity contribution in [1.82, 2.24) is 9.44 Å². The van der Waals surface area contributed by atoms with Crippen molar-refractivity contribution in [3.05, 3.63) is 0 Å². The van der Waals surface area contributed by atoms with E-state index in [2.05, 4.69) is 9.44 Å². The van der Waals surface area contributed by atoms with Gasteiger partial charge >= 0.3 is 0 Å². The first-order chi connectivity index (χ1) is 7.41. The van der Waals surface area contributed by atoms with E-state index in [-0.39, 0.29) is 12.6 Å². The minimum Gasteiger partial charge on any atom is -0.393 e. The quantitative estimate of drug-likeness (QED) is 0.388. The summed E-state index contributed by atoms with van der Waals surface area (Å²) in [6.45, 7) is 2.42. The molecule has 6 nitrogen and oxygen atoms in total. The first-order valence-corrected chi connectivity index (χ1v) is 6.84. The molecule has 0 aliphatic rings. The fourth-order valence-electron chi connectivity index (χ4n) is 1.05. The van der Waals surface area contributed by atoms with E-state index >= 15 is 0 Å². The summed E-state index contributed by atoms with van der Waals surface area (Å²) in [5.41, 5.74) is 5.37. The van der Waals surface area contributed by atoms with Crippen molar-refractivity contribution < 1.29 is 13.2 Å². The lowest BCUT2D eigenvalue weighted by Gasteiger charge is -2.16. The number of hydrogen-bond acceptors (Lipinski definition) is 4. The molecule has 0 amide bonds. The second-order valence-electron chi connectivity index (χ2n) is 3.28. The van der Waals surface area contributed by atoms with Gasteiger partial charge in [0.1, 0.15) is 0 Å². The summed E-state index contributed by atoms with van der Waals surface area (Å²) < 4.78 is 32.5. The molecular formula is C8H19N3O3S2. The average molecular weight is 269 g/mol. The normalized spacial score (nSPS) is 13.6. The van der Waals surface area contributed by atoms with Gasteiger partial charge in [0.05, 0.1) is 11.6 Å².